The second-order valence-corrected chi connectivity index (χ2v) is 5.44. The fourth-order valence-electron chi connectivity index (χ4n) is 2.60. The minimum absolute atomic E-state index is 0.192. The summed E-state index contributed by atoms with van der Waals surface area (Å²) in [6.07, 6.45) is 3.63. The average molecular weight is 337 g/mol. The molecule has 0 aliphatic rings. The molecule has 128 valence electrons. The molecule has 0 saturated carbocycles. The van der Waals surface area contributed by atoms with Gasteiger partial charge in [-0.25, -0.2) is 5.43 Å². The Kier molecular flexibility index (Phi) is 4.99. The Bertz CT molecular complexity index is 915. The van der Waals surface area contributed by atoms with Crippen molar-refractivity contribution in [2.75, 3.05) is 14.2 Å². The fourth-order valence-corrected chi connectivity index (χ4v) is 2.60. The third-order valence-corrected chi connectivity index (χ3v) is 3.86. The molecule has 0 bridgehead atoms. The van der Waals surface area contributed by atoms with Crippen LogP contribution in [0.2, 0.25) is 0 Å². The third-order valence-electron chi connectivity index (χ3n) is 3.86. The van der Waals surface area contributed by atoms with Crippen LogP contribution >= 0.6 is 0 Å². The second-order valence-electron chi connectivity index (χ2n) is 5.44. The third kappa shape index (κ3) is 3.80. The van der Waals surface area contributed by atoms with Crippen LogP contribution in [0.25, 0.3) is 10.9 Å². The van der Waals surface area contributed by atoms with Crippen LogP contribution in [0.3, 0.4) is 0 Å². The molecule has 25 heavy (non-hydrogen) atoms. The first-order chi connectivity index (χ1) is 12.2. The number of amides is 1. The maximum atomic E-state index is 12.1. The van der Waals surface area contributed by atoms with Crippen molar-refractivity contribution < 1.29 is 14.3 Å². The number of aromatic nitrogens is 1. The summed E-state index contributed by atoms with van der Waals surface area (Å²) in [6.45, 7) is 0. The Labute approximate surface area is 145 Å². The number of nitrogens with zero attached hydrogens (tertiary/aromatic N) is 1. The monoisotopic (exact) mass is 337 g/mol. The summed E-state index contributed by atoms with van der Waals surface area (Å²) < 4.78 is 10.5. The first kappa shape index (κ1) is 16.6. The number of rotatable bonds is 6. The van der Waals surface area contributed by atoms with E-state index in [9.17, 15) is 4.79 Å². The molecule has 0 aliphatic carbocycles. The van der Waals surface area contributed by atoms with Gasteiger partial charge in [0.25, 0.3) is 0 Å². The minimum Gasteiger partial charge on any atom is -0.497 e. The lowest BCUT2D eigenvalue weighted by Crippen LogP contribution is -2.19. The van der Waals surface area contributed by atoms with E-state index >= 15 is 0 Å². The van der Waals surface area contributed by atoms with E-state index in [1.54, 1.807) is 32.4 Å². The summed E-state index contributed by atoms with van der Waals surface area (Å²) in [5, 5.41) is 5.05. The minimum atomic E-state index is -0.192. The van der Waals surface area contributed by atoms with Gasteiger partial charge in [0.15, 0.2) is 0 Å². The Morgan fingerprint density at radius 3 is 2.84 bits per heavy atom. The average Bonchev–Trinajstić information content (AvgIpc) is 3.04. The lowest BCUT2D eigenvalue weighted by atomic mass is 10.1. The first-order valence-corrected chi connectivity index (χ1v) is 7.80. The summed E-state index contributed by atoms with van der Waals surface area (Å²) >= 11 is 0. The molecule has 3 rings (SSSR count). The molecule has 1 aromatic heterocycles. The number of fused-ring (bicyclic) bond motifs is 1. The van der Waals surface area contributed by atoms with Gasteiger partial charge in [-0.05, 0) is 29.8 Å². The largest absolute Gasteiger partial charge is 0.497 e. The van der Waals surface area contributed by atoms with E-state index in [1.807, 2.05) is 30.5 Å². The van der Waals surface area contributed by atoms with Crippen LogP contribution in [0, 0.1) is 0 Å². The number of nitrogens with one attached hydrogen (secondary N) is 2. The molecular formula is C19H19N3O3. The van der Waals surface area contributed by atoms with E-state index in [2.05, 4.69) is 15.5 Å². The van der Waals surface area contributed by atoms with Gasteiger partial charge < -0.3 is 14.5 Å². The maximum absolute atomic E-state index is 12.1. The molecule has 2 N–H and O–H groups in total. The highest BCUT2D eigenvalue weighted by molar-refractivity contribution is 5.90. The molecule has 1 heterocycles. The molecule has 3 aromatic rings. The highest BCUT2D eigenvalue weighted by Gasteiger charge is 2.08. The highest BCUT2D eigenvalue weighted by atomic mass is 16.5. The Balaban J connectivity index is 1.67. The number of hydrogen-bond donors (Lipinski definition) is 2. The maximum Gasteiger partial charge on any atom is 0.244 e. The highest BCUT2D eigenvalue weighted by Crippen LogP contribution is 2.22. The molecular weight excluding hydrogens is 318 g/mol. The number of aromatic amines is 1. The van der Waals surface area contributed by atoms with Crippen LogP contribution in [0.4, 0.5) is 0 Å². The topological polar surface area (TPSA) is 75.7 Å². The molecule has 0 radical (unpaired) electrons. The number of methoxy groups -OCH3 is 2. The van der Waals surface area contributed by atoms with Crippen LogP contribution in [0.15, 0.2) is 53.8 Å². The van der Waals surface area contributed by atoms with E-state index in [-0.39, 0.29) is 12.3 Å². The number of carbonyl (C=O) groups is 1. The molecule has 0 fully saturated rings. The lowest BCUT2D eigenvalue weighted by Gasteiger charge is -2.06. The number of para-hydroxylation sites is 1. The van der Waals surface area contributed by atoms with Crippen LogP contribution < -0.4 is 14.9 Å². The smallest absolute Gasteiger partial charge is 0.244 e. The van der Waals surface area contributed by atoms with Gasteiger partial charge in [0.05, 0.1) is 26.9 Å². The van der Waals surface area contributed by atoms with Crippen molar-refractivity contribution in [3.8, 4) is 11.5 Å². The summed E-state index contributed by atoms with van der Waals surface area (Å²) in [6, 6.07) is 13.2. The predicted molar refractivity (Wildman–Crippen MR) is 97.3 cm³/mol. The summed E-state index contributed by atoms with van der Waals surface area (Å²) in [7, 11) is 3.17. The quantitative estimate of drug-likeness (QED) is 0.536. The number of carbonyl (C=O) groups excluding carboxylic acids is 1. The van der Waals surface area contributed by atoms with Crippen molar-refractivity contribution in [1.82, 2.24) is 10.4 Å². The van der Waals surface area contributed by atoms with Gasteiger partial charge in [-0.1, -0.05) is 18.2 Å². The van der Waals surface area contributed by atoms with Gasteiger partial charge in [-0.3, -0.25) is 4.79 Å². The van der Waals surface area contributed by atoms with Crippen molar-refractivity contribution in [2.24, 2.45) is 5.10 Å². The van der Waals surface area contributed by atoms with Crippen molar-refractivity contribution >= 4 is 23.0 Å². The van der Waals surface area contributed by atoms with E-state index in [4.69, 9.17) is 9.47 Å². The van der Waals surface area contributed by atoms with E-state index in [0.29, 0.717) is 17.1 Å². The standard InChI is InChI=1S/C19H19N3O3/c1-24-15-7-8-18(25-2)14(9-15)12-21-22-19(23)10-13-11-20-17-6-4-3-5-16(13)17/h3-9,11-12,20H,10H2,1-2H3,(H,22,23)/b21-12+. The summed E-state index contributed by atoms with van der Waals surface area (Å²) in [5.41, 5.74) is 5.20. The molecule has 1 amide bonds. The van der Waals surface area contributed by atoms with Crippen LogP contribution in [-0.4, -0.2) is 31.3 Å². The normalized spacial score (nSPS) is 11.0. The van der Waals surface area contributed by atoms with Gasteiger partial charge in [0.2, 0.25) is 5.91 Å². The number of ether oxygens (including phenoxy) is 2. The van der Waals surface area contributed by atoms with Gasteiger partial charge in [-0.2, -0.15) is 5.10 Å². The van der Waals surface area contributed by atoms with Crippen molar-refractivity contribution in [3.05, 3.63) is 59.8 Å². The molecule has 0 saturated heterocycles. The Morgan fingerprint density at radius 2 is 2.04 bits per heavy atom. The zero-order valence-corrected chi connectivity index (χ0v) is 14.1. The molecule has 2 aromatic carbocycles. The first-order valence-electron chi connectivity index (χ1n) is 7.80. The lowest BCUT2D eigenvalue weighted by molar-refractivity contribution is -0.120. The number of H-pyrrole nitrogens is 1. The summed E-state index contributed by atoms with van der Waals surface area (Å²) in [4.78, 5) is 15.3. The van der Waals surface area contributed by atoms with E-state index in [0.717, 1.165) is 16.5 Å². The molecule has 6 heteroatoms. The van der Waals surface area contributed by atoms with Gasteiger partial charge >= 0.3 is 0 Å². The molecule has 0 unspecified atom stereocenters. The SMILES string of the molecule is COc1ccc(OC)c(/C=N/NC(=O)Cc2c[nH]c3ccccc23)c1. The molecule has 0 aliphatic heterocycles. The predicted octanol–water partition coefficient (Wildman–Crippen LogP) is 2.88. The van der Waals surface area contributed by atoms with Crippen LogP contribution in [-0.2, 0) is 11.2 Å². The zero-order chi connectivity index (χ0) is 17.6. The van der Waals surface area contributed by atoms with E-state index in [1.165, 1.54) is 6.21 Å². The molecule has 0 atom stereocenters. The van der Waals surface area contributed by atoms with Gasteiger partial charge in [-0.15, -0.1) is 0 Å². The number of hydrogen-bond acceptors (Lipinski definition) is 4. The second kappa shape index (κ2) is 7.53. The number of benzene rings is 2. The molecule has 0 spiro atoms. The summed E-state index contributed by atoms with van der Waals surface area (Å²) in [5.74, 6) is 1.14. The molecule has 6 nitrogen and oxygen atoms in total. The van der Waals surface area contributed by atoms with Gasteiger partial charge in [0, 0.05) is 22.7 Å². The Morgan fingerprint density at radius 1 is 1.20 bits per heavy atom. The van der Waals surface area contributed by atoms with Gasteiger partial charge in [0.1, 0.15) is 11.5 Å². The van der Waals surface area contributed by atoms with Crippen molar-refractivity contribution in [3.63, 3.8) is 0 Å². The van der Waals surface area contributed by atoms with Crippen LogP contribution in [0.5, 0.6) is 11.5 Å². The van der Waals surface area contributed by atoms with Crippen molar-refractivity contribution in [2.45, 2.75) is 6.42 Å². The van der Waals surface area contributed by atoms with Crippen LogP contribution in [0.1, 0.15) is 11.1 Å². The zero-order valence-electron chi connectivity index (χ0n) is 14.1. The van der Waals surface area contributed by atoms with E-state index < -0.39 is 0 Å². The van der Waals surface area contributed by atoms with Crippen molar-refractivity contribution in [1.29, 1.82) is 0 Å². The fraction of sp³-hybridized carbons (Fsp3) is 0.158. The number of hydrazone groups is 1. The Hall–Kier alpha value is -3.28.